The van der Waals surface area contributed by atoms with Gasteiger partial charge in [0.05, 0.1) is 22.6 Å². The van der Waals surface area contributed by atoms with Crippen LogP contribution in [0, 0.1) is 11.8 Å². The van der Waals surface area contributed by atoms with Crippen LogP contribution in [-0.2, 0) is 28.8 Å². The van der Waals surface area contributed by atoms with Crippen molar-refractivity contribution in [2.24, 2.45) is 11.8 Å². The maximum absolute atomic E-state index is 12.2. The smallest absolute Gasteiger partial charge is 0.309 e. The number of halogens is 2. The summed E-state index contributed by atoms with van der Waals surface area (Å²) in [4.78, 5) is 12.2. The summed E-state index contributed by atoms with van der Waals surface area (Å²) >= 11 is 12.1. The Bertz CT molecular complexity index is 755. The van der Waals surface area contributed by atoms with Crippen molar-refractivity contribution >= 4 is 29.2 Å². The van der Waals surface area contributed by atoms with Gasteiger partial charge in [-0.15, -0.1) is 0 Å². The van der Waals surface area contributed by atoms with E-state index < -0.39 is 0 Å². The zero-order chi connectivity index (χ0) is 18.5. The number of unbranched alkanes of at least 4 members (excludes halogenated alkanes) is 1. The molecule has 2 nitrogen and oxygen atoms in total. The highest BCUT2D eigenvalue weighted by atomic mass is 35.5. The normalized spacial score (nSPS) is 19.6. The van der Waals surface area contributed by atoms with Crippen molar-refractivity contribution in [2.75, 3.05) is 6.61 Å². The predicted octanol–water partition coefficient (Wildman–Crippen LogP) is 5.91. The number of carbonyl (C=O) groups excluding carboxylic acids is 1. The number of carbonyl (C=O) groups is 1. The minimum absolute atomic E-state index is 0.111. The van der Waals surface area contributed by atoms with Gasteiger partial charge in [0, 0.05) is 5.92 Å². The molecule has 2 atom stereocenters. The molecule has 1 aliphatic rings. The van der Waals surface area contributed by atoms with Crippen molar-refractivity contribution < 1.29 is 9.53 Å². The van der Waals surface area contributed by atoms with Gasteiger partial charge in [0.15, 0.2) is 0 Å². The number of hydrogen-bond donors (Lipinski definition) is 0. The maximum Gasteiger partial charge on any atom is 0.309 e. The number of aryl methyl sites for hydroxylation is 1. The number of hydrogen-bond acceptors (Lipinski definition) is 2. The molecule has 138 valence electrons. The zero-order valence-electron chi connectivity index (χ0n) is 15.0. The molecule has 0 unspecified atom stereocenters. The first-order valence-electron chi connectivity index (χ1n) is 9.25. The van der Waals surface area contributed by atoms with E-state index in [4.69, 9.17) is 27.9 Å². The van der Waals surface area contributed by atoms with Gasteiger partial charge in [0.25, 0.3) is 0 Å². The van der Waals surface area contributed by atoms with Gasteiger partial charge in [0.2, 0.25) is 0 Å². The molecule has 0 saturated carbocycles. The molecule has 1 heterocycles. The molecule has 0 aromatic heterocycles. The van der Waals surface area contributed by atoms with Crippen LogP contribution in [0.3, 0.4) is 0 Å². The molecule has 1 saturated heterocycles. The van der Waals surface area contributed by atoms with Gasteiger partial charge in [-0.1, -0.05) is 66.9 Å². The average Bonchev–Trinajstić information content (AvgIpc) is 2.97. The maximum atomic E-state index is 12.2. The van der Waals surface area contributed by atoms with E-state index in [9.17, 15) is 4.79 Å². The van der Waals surface area contributed by atoms with Crippen LogP contribution < -0.4 is 0 Å². The molecule has 1 fully saturated rings. The first-order chi connectivity index (χ1) is 12.6. The standard InChI is InChI=1S/C22H24Cl2O2/c1-2-3-4-15-5-7-16(8-6-15)11-18-14-26-22(25)19(18)12-17-9-10-20(23)21(24)13-17/h5-10,13,18-19H,2-4,11-12,14H2,1H3/t18-,19+/m0/s1. The average molecular weight is 391 g/mol. The number of ether oxygens (including phenoxy) is 1. The Morgan fingerprint density at radius 1 is 0.962 bits per heavy atom. The first-order valence-corrected chi connectivity index (χ1v) is 10.0. The van der Waals surface area contributed by atoms with Gasteiger partial charge in [0.1, 0.15) is 0 Å². The van der Waals surface area contributed by atoms with Crippen LogP contribution >= 0.6 is 23.2 Å². The minimum atomic E-state index is -0.132. The van der Waals surface area contributed by atoms with Gasteiger partial charge >= 0.3 is 5.97 Å². The summed E-state index contributed by atoms with van der Waals surface area (Å²) in [6.07, 6.45) is 5.04. The van der Waals surface area contributed by atoms with E-state index in [2.05, 4.69) is 31.2 Å². The fourth-order valence-corrected chi connectivity index (χ4v) is 3.82. The molecule has 26 heavy (non-hydrogen) atoms. The highest BCUT2D eigenvalue weighted by Gasteiger charge is 2.36. The molecule has 0 spiro atoms. The summed E-state index contributed by atoms with van der Waals surface area (Å²) in [7, 11) is 0. The Labute approximate surface area is 165 Å². The quantitative estimate of drug-likeness (QED) is 0.549. The third kappa shape index (κ3) is 4.81. The predicted molar refractivity (Wildman–Crippen MR) is 107 cm³/mol. The molecule has 4 heteroatoms. The Morgan fingerprint density at radius 2 is 1.65 bits per heavy atom. The third-order valence-electron chi connectivity index (χ3n) is 5.09. The zero-order valence-corrected chi connectivity index (χ0v) is 16.5. The largest absolute Gasteiger partial charge is 0.465 e. The second-order valence-corrected chi connectivity index (χ2v) is 7.89. The monoisotopic (exact) mass is 390 g/mol. The van der Waals surface area contributed by atoms with Crippen molar-refractivity contribution in [1.29, 1.82) is 0 Å². The molecule has 0 N–H and O–H groups in total. The first kappa shape index (κ1) is 19.3. The highest BCUT2D eigenvalue weighted by Crippen LogP contribution is 2.31. The van der Waals surface area contributed by atoms with Crippen LogP contribution in [-0.4, -0.2) is 12.6 Å². The van der Waals surface area contributed by atoms with E-state index in [1.165, 1.54) is 24.0 Å². The summed E-state index contributed by atoms with van der Waals surface area (Å²) in [5, 5.41) is 1.05. The SMILES string of the molecule is CCCCc1ccc(C[C@H]2COC(=O)[C@@H]2Cc2ccc(Cl)c(Cl)c2)cc1. The Hall–Kier alpha value is -1.51. The lowest BCUT2D eigenvalue weighted by Crippen LogP contribution is -2.20. The lowest BCUT2D eigenvalue weighted by atomic mass is 9.85. The lowest BCUT2D eigenvalue weighted by molar-refractivity contribution is -0.141. The van der Waals surface area contributed by atoms with E-state index in [1.54, 1.807) is 6.07 Å². The van der Waals surface area contributed by atoms with Gasteiger partial charge in [-0.3, -0.25) is 4.79 Å². The van der Waals surface area contributed by atoms with E-state index >= 15 is 0 Å². The van der Waals surface area contributed by atoms with Gasteiger partial charge < -0.3 is 4.74 Å². The van der Waals surface area contributed by atoms with Crippen molar-refractivity contribution in [3.63, 3.8) is 0 Å². The molecule has 0 radical (unpaired) electrons. The fourth-order valence-electron chi connectivity index (χ4n) is 3.50. The van der Waals surface area contributed by atoms with Crippen LogP contribution in [0.5, 0.6) is 0 Å². The molecule has 1 aliphatic heterocycles. The van der Waals surface area contributed by atoms with Gasteiger partial charge in [-0.2, -0.15) is 0 Å². The van der Waals surface area contributed by atoms with E-state index in [0.717, 1.165) is 18.4 Å². The number of benzene rings is 2. The summed E-state index contributed by atoms with van der Waals surface area (Å²) in [6.45, 7) is 2.70. The Balaban J connectivity index is 1.66. The molecular weight excluding hydrogens is 367 g/mol. The van der Waals surface area contributed by atoms with Gasteiger partial charge in [-0.05, 0) is 54.5 Å². The summed E-state index contributed by atoms with van der Waals surface area (Å²) in [5.41, 5.74) is 3.65. The summed E-state index contributed by atoms with van der Waals surface area (Å²) in [5.74, 6) is -0.0499. The molecule has 3 rings (SSSR count). The molecule has 0 aliphatic carbocycles. The number of rotatable bonds is 7. The van der Waals surface area contributed by atoms with Crippen molar-refractivity contribution in [2.45, 2.75) is 39.0 Å². The van der Waals surface area contributed by atoms with Gasteiger partial charge in [-0.25, -0.2) is 0 Å². The molecule has 0 bridgehead atoms. The molecule has 2 aromatic carbocycles. The van der Waals surface area contributed by atoms with Crippen molar-refractivity contribution in [1.82, 2.24) is 0 Å². The van der Waals surface area contributed by atoms with Crippen molar-refractivity contribution in [3.8, 4) is 0 Å². The van der Waals surface area contributed by atoms with E-state index in [1.807, 2.05) is 12.1 Å². The fraction of sp³-hybridized carbons (Fsp3) is 0.409. The van der Waals surface area contributed by atoms with Crippen LogP contribution in [0.1, 0.15) is 36.5 Å². The molecule has 2 aromatic rings. The molecular formula is C22H24Cl2O2. The van der Waals surface area contributed by atoms with Crippen LogP contribution in [0.2, 0.25) is 10.0 Å². The number of cyclic esters (lactones) is 1. The van der Waals surface area contributed by atoms with Crippen LogP contribution in [0.25, 0.3) is 0 Å². The van der Waals surface area contributed by atoms with Crippen molar-refractivity contribution in [3.05, 3.63) is 69.2 Å². The Morgan fingerprint density at radius 3 is 2.35 bits per heavy atom. The highest BCUT2D eigenvalue weighted by molar-refractivity contribution is 6.42. The molecule has 0 amide bonds. The van der Waals surface area contributed by atoms with E-state index in [0.29, 0.717) is 23.1 Å². The second kappa shape index (κ2) is 8.92. The Kier molecular flexibility index (Phi) is 6.61. The summed E-state index contributed by atoms with van der Waals surface area (Å²) < 4.78 is 5.36. The topological polar surface area (TPSA) is 26.3 Å². The summed E-state index contributed by atoms with van der Waals surface area (Å²) in [6, 6.07) is 14.3. The second-order valence-electron chi connectivity index (χ2n) is 7.07. The lowest BCUT2D eigenvalue weighted by Gasteiger charge is -2.16. The van der Waals surface area contributed by atoms with E-state index in [-0.39, 0.29) is 17.8 Å². The van der Waals surface area contributed by atoms with Crippen LogP contribution in [0.15, 0.2) is 42.5 Å². The minimum Gasteiger partial charge on any atom is -0.465 e. The number of esters is 1. The third-order valence-corrected chi connectivity index (χ3v) is 5.83. The van der Waals surface area contributed by atoms with Crippen LogP contribution in [0.4, 0.5) is 0 Å².